The number of hydrogen-bond donors (Lipinski definition) is 1. The summed E-state index contributed by atoms with van der Waals surface area (Å²) in [4.78, 5) is 0. The number of nitrogens with one attached hydrogen (secondary N) is 1. The molecule has 1 fully saturated rings. The van der Waals surface area contributed by atoms with Crippen molar-refractivity contribution in [2.24, 2.45) is 0 Å². The largest absolute Gasteiger partial charge is 0.258 e. The zero-order valence-corrected chi connectivity index (χ0v) is 5.65. The van der Waals surface area contributed by atoms with Gasteiger partial charge in [0.05, 0.1) is 0 Å². The van der Waals surface area contributed by atoms with E-state index in [4.69, 9.17) is 0 Å². The molecule has 0 saturated carbocycles. The van der Waals surface area contributed by atoms with E-state index in [0.717, 1.165) is 6.04 Å². The lowest BCUT2D eigenvalue weighted by molar-refractivity contribution is 0.201. The predicted octanol–water partition coefficient (Wildman–Crippen LogP) is 0.605. The number of nitrogens with zero attached hydrogens (tertiary/aromatic N) is 1. The Kier molecular flexibility index (Phi) is 1.86. The third kappa shape index (κ3) is 1.01. The van der Waals surface area contributed by atoms with Gasteiger partial charge in [0.15, 0.2) is 0 Å². The van der Waals surface area contributed by atoms with E-state index in [1.54, 1.807) is 0 Å². The Bertz CT molecular complexity index is 72.9. The highest BCUT2D eigenvalue weighted by atomic mass is 15.5. The Labute approximate surface area is 50.8 Å². The van der Waals surface area contributed by atoms with Crippen LogP contribution in [0.4, 0.5) is 0 Å². The highest BCUT2D eigenvalue weighted by Crippen LogP contribution is 2.12. The smallest absolute Gasteiger partial charge is 0.0215 e. The molecule has 0 radical (unpaired) electrons. The summed E-state index contributed by atoms with van der Waals surface area (Å²) in [6, 6.07) is 0.750. The lowest BCUT2D eigenvalue weighted by atomic mass is 10.3. The molecule has 1 saturated heterocycles. The van der Waals surface area contributed by atoms with Gasteiger partial charge in [-0.1, -0.05) is 0 Å². The van der Waals surface area contributed by atoms with E-state index in [2.05, 4.69) is 17.4 Å². The average Bonchev–Trinajstić information content (AvgIpc) is 2.14. The maximum Gasteiger partial charge on any atom is 0.0215 e. The van der Waals surface area contributed by atoms with Gasteiger partial charge in [-0.25, -0.2) is 5.01 Å². The zero-order valence-electron chi connectivity index (χ0n) is 5.65. The van der Waals surface area contributed by atoms with Crippen molar-refractivity contribution in [2.45, 2.75) is 25.8 Å². The summed E-state index contributed by atoms with van der Waals surface area (Å²) in [5.74, 6) is 0. The minimum Gasteiger partial charge on any atom is -0.258 e. The predicted molar refractivity (Wildman–Crippen MR) is 34.5 cm³/mol. The van der Waals surface area contributed by atoms with Crippen molar-refractivity contribution in [2.75, 3.05) is 13.6 Å². The van der Waals surface area contributed by atoms with Gasteiger partial charge in [-0.3, -0.25) is 5.43 Å². The topological polar surface area (TPSA) is 15.3 Å². The first-order valence-electron chi connectivity index (χ1n) is 3.28. The fraction of sp³-hybridized carbons (Fsp3) is 1.00. The van der Waals surface area contributed by atoms with Crippen LogP contribution < -0.4 is 5.43 Å². The molecular formula is C6H14N2. The Morgan fingerprint density at radius 3 is 2.62 bits per heavy atom. The molecule has 1 N–H and O–H groups in total. The van der Waals surface area contributed by atoms with Gasteiger partial charge in [-0.2, -0.15) is 0 Å². The van der Waals surface area contributed by atoms with Crippen LogP contribution in [0.5, 0.6) is 0 Å². The van der Waals surface area contributed by atoms with Gasteiger partial charge in [0, 0.05) is 12.6 Å². The molecule has 1 aliphatic heterocycles. The molecule has 8 heavy (non-hydrogen) atoms. The summed E-state index contributed by atoms with van der Waals surface area (Å²) in [5, 5.41) is 2.28. The molecule has 1 atom stereocenters. The van der Waals surface area contributed by atoms with Crippen LogP contribution >= 0.6 is 0 Å². The van der Waals surface area contributed by atoms with Crippen molar-refractivity contribution in [1.29, 1.82) is 0 Å². The van der Waals surface area contributed by atoms with E-state index in [1.807, 2.05) is 7.05 Å². The highest BCUT2D eigenvalue weighted by Gasteiger charge is 2.17. The Balaban J connectivity index is 2.30. The van der Waals surface area contributed by atoms with Crippen molar-refractivity contribution in [3.63, 3.8) is 0 Å². The summed E-state index contributed by atoms with van der Waals surface area (Å²) in [5.41, 5.74) is 3.15. The molecule has 0 aromatic carbocycles. The third-order valence-corrected chi connectivity index (χ3v) is 1.84. The van der Waals surface area contributed by atoms with Gasteiger partial charge < -0.3 is 0 Å². The standard InChI is InChI=1S/C6H14N2/c1-6-4-3-5-8(6)7-2/h6-7H,3-5H2,1-2H3/t6-/m0/s1. The molecule has 0 aromatic heterocycles. The summed E-state index contributed by atoms with van der Waals surface area (Å²) < 4.78 is 0. The summed E-state index contributed by atoms with van der Waals surface area (Å²) in [7, 11) is 1.99. The molecular weight excluding hydrogens is 100 g/mol. The maximum atomic E-state index is 3.15. The molecule has 0 unspecified atom stereocenters. The fourth-order valence-corrected chi connectivity index (χ4v) is 1.27. The van der Waals surface area contributed by atoms with Crippen LogP contribution in [-0.2, 0) is 0 Å². The molecule has 48 valence electrons. The van der Waals surface area contributed by atoms with Crippen LogP contribution in [0, 0.1) is 0 Å². The quantitative estimate of drug-likeness (QED) is 0.537. The molecule has 0 aromatic rings. The summed E-state index contributed by atoms with van der Waals surface area (Å²) in [6.45, 7) is 3.47. The van der Waals surface area contributed by atoms with Crippen molar-refractivity contribution in [3.8, 4) is 0 Å². The molecule has 2 heteroatoms. The van der Waals surface area contributed by atoms with Crippen LogP contribution in [0.1, 0.15) is 19.8 Å². The Hall–Kier alpha value is -0.0800. The van der Waals surface area contributed by atoms with Crippen LogP contribution in [-0.4, -0.2) is 24.6 Å². The van der Waals surface area contributed by atoms with Crippen LogP contribution in [0.25, 0.3) is 0 Å². The minimum atomic E-state index is 0.750. The third-order valence-electron chi connectivity index (χ3n) is 1.84. The first kappa shape index (κ1) is 6.05. The minimum absolute atomic E-state index is 0.750. The van der Waals surface area contributed by atoms with Gasteiger partial charge in [-0.15, -0.1) is 0 Å². The SMILES string of the molecule is CNN1CCC[C@@H]1C. The van der Waals surface area contributed by atoms with E-state index in [-0.39, 0.29) is 0 Å². The van der Waals surface area contributed by atoms with Gasteiger partial charge in [0.25, 0.3) is 0 Å². The van der Waals surface area contributed by atoms with E-state index < -0.39 is 0 Å². The first-order chi connectivity index (χ1) is 3.84. The molecule has 1 heterocycles. The van der Waals surface area contributed by atoms with Gasteiger partial charge >= 0.3 is 0 Å². The lowest BCUT2D eigenvalue weighted by Crippen LogP contribution is -2.37. The maximum absolute atomic E-state index is 3.15. The van der Waals surface area contributed by atoms with Gasteiger partial charge in [0.1, 0.15) is 0 Å². The zero-order chi connectivity index (χ0) is 5.98. The van der Waals surface area contributed by atoms with Gasteiger partial charge in [-0.05, 0) is 26.8 Å². The van der Waals surface area contributed by atoms with Gasteiger partial charge in [0.2, 0.25) is 0 Å². The second-order valence-electron chi connectivity index (χ2n) is 2.41. The van der Waals surface area contributed by atoms with Crippen molar-refractivity contribution in [1.82, 2.24) is 10.4 Å². The molecule has 1 aliphatic rings. The van der Waals surface area contributed by atoms with Crippen molar-refractivity contribution < 1.29 is 0 Å². The lowest BCUT2D eigenvalue weighted by Gasteiger charge is -2.18. The van der Waals surface area contributed by atoms with E-state index in [9.17, 15) is 0 Å². The second-order valence-corrected chi connectivity index (χ2v) is 2.41. The van der Waals surface area contributed by atoms with E-state index >= 15 is 0 Å². The summed E-state index contributed by atoms with van der Waals surface area (Å²) in [6.07, 6.45) is 2.70. The van der Waals surface area contributed by atoms with Crippen LogP contribution in [0.3, 0.4) is 0 Å². The summed E-state index contributed by atoms with van der Waals surface area (Å²) >= 11 is 0. The fourth-order valence-electron chi connectivity index (χ4n) is 1.27. The van der Waals surface area contributed by atoms with Crippen molar-refractivity contribution >= 4 is 0 Å². The molecule has 2 nitrogen and oxygen atoms in total. The van der Waals surface area contributed by atoms with E-state index in [1.165, 1.54) is 19.4 Å². The average molecular weight is 114 g/mol. The van der Waals surface area contributed by atoms with Crippen molar-refractivity contribution in [3.05, 3.63) is 0 Å². The van der Waals surface area contributed by atoms with Crippen LogP contribution in [0.2, 0.25) is 0 Å². The Morgan fingerprint density at radius 2 is 2.38 bits per heavy atom. The molecule has 1 rings (SSSR count). The molecule has 0 spiro atoms. The first-order valence-corrected chi connectivity index (χ1v) is 3.28. The monoisotopic (exact) mass is 114 g/mol. The molecule has 0 bridgehead atoms. The molecule has 0 aliphatic carbocycles. The van der Waals surface area contributed by atoms with E-state index in [0.29, 0.717) is 0 Å². The number of hydrogen-bond acceptors (Lipinski definition) is 2. The number of hydrazine groups is 1. The normalized spacial score (nSPS) is 31.5. The highest BCUT2D eigenvalue weighted by molar-refractivity contribution is 4.70. The Morgan fingerprint density at radius 1 is 1.62 bits per heavy atom. The number of rotatable bonds is 1. The van der Waals surface area contributed by atoms with Crippen LogP contribution in [0.15, 0.2) is 0 Å². The second kappa shape index (κ2) is 2.46. The molecule has 0 amide bonds.